The molecule has 0 aliphatic heterocycles. The molecule has 0 rings (SSSR count). The molecule has 1 unspecified atom stereocenters. The first kappa shape index (κ1) is 65.3. The highest BCUT2D eigenvalue weighted by molar-refractivity contribution is 5.71. The van der Waals surface area contributed by atoms with E-state index in [1.165, 1.54) is 83.5 Å². The Morgan fingerprint density at radius 1 is 0.304 bits per heavy atom. The van der Waals surface area contributed by atoms with Crippen LogP contribution in [0.25, 0.3) is 0 Å². The minimum Gasteiger partial charge on any atom is -0.462 e. The van der Waals surface area contributed by atoms with Gasteiger partial charge in [-0.15, -0.1) is 0 Å². The summed E-state index contributed by atoms with van der Waals surface area (Å²) in [5.74, 6) is -0.927. The Kier molecular flexibility index (Phi) is 53.9. The molecule has 0 aromatic rings. The molecule has 1 atom stereocenters. The molecule has 0 saturated heterocycles. The molecular formula is C63H106O6. The van der Waals surface area contributed by atoms with E-state index in [0.717, 1.165) is 141 Å². The van der Waals surface area contributed by atoms with Crippen LogP contribution >= 0.6 is 0 Å². The van der Waals surface area contributed by atoms with Crippen LogP contribution in [0.1, 0.15) is 265 Å². The molecule has 0 aliphatic carbocycles. The van der Waals surface area contributed by atoms with Gasteiger partial charge in [-0.3, -0.25) is 14.4 Å². The molecule has 6 heteroatoms. The molecule has 0 amide bonds. The Morgan fingerprint density at radius 2 is 0.594 bits per heavy atom. The van der Waals surface area contributed by atoms with E-state index in [9.17, 15) is 14.4 Å². The first-order valence-corrected chi connectivity index (χ1v) is 28.7. The summed E-state index contributed by atoms with van der Waals surface area (Å²) in [5.41, 5.74) is 0. The van der Waals surface area contributed by atoms with Gasteiger partial charge in [-0.25, -0.2) is 0 Å². The van der Waals surface area contributed by atoms with Crippen molar-refractivity contribution in [2.24, 2.45) is 0 Å². The number of ether oxygens (including phenoxy) is 3. The predicted octanol–water partition coefficient (Wildman–Crippen LogP) is 19.3. The number of rotatable bonds is 51. The van der Waals surface area contributed by atoms with Crippen molar-refractivity contribution in [1.82, 2.24) is 0 Å². The summed E-state index contributed by atoms with van der Waals surface area (Å²) in [6.07, 6.45) is 75.3. The van der Waals surface area contributed by atoms with Gasteiger partial charge in [0, 0.05) is 19.3 Å². The molecule has 0 N–H and O–H groups in total. The number of carbonyl (C=O) groups excluding carboxylic acids is 3. The van der Waals surface area contributed by atoms with E-state index in [-0.39, 0.29) is 31.1 Å². The predicted molar refractivity (Wildman–Crippen MR) is 297 cm³/mol. The summed E-state index contributed by atoms with van der Waals surface area (Å²) < 4.78 is 16.8. The smallest absolute Gasteiger partial charge is 0.306 e. The number of carbonyl (C=O) groups is 3. The van der Waals surface area contributed by atoms with E-state index in [4.69, 9.17) is 14.2 Å². The molecule has 0 saturated carbocycles. The SMILES string of the molecule is CC/C=C\C/C=C\C/C=C\C/C=C\C/C=C\CCCCCCCC(=O)OCC(COC(=O)CCCCCCC/C=C\C/C=C\CCC)OC(=O)CCCCCCCCC/C=C\CCCCCCCC. The number of unbranched alkanes of at least 4 members (excludes halogenated alkanes) is 24. The maximum Gasteiger partial charge on any atom is 0.306 e. The number of esters is 3. The maximum absolute atomic E-state index is 12.9. The fourth-order valence-corrected chi connectivity index (χ4v) is 7.74. The average Bonchev–Trinajstić information content (AvgIpc) is 3.35. The molecule has 0 spiro atoms. The summed E-state index contributed by atoms with van der Waals surface area (Å²) in [6, 6.07) is 0. The van der Waals surface area contributed by atoms with E-state index >= 15 is 0 Å². The van der Waals surface area contributed by atoms with Crippen LogP contribution in [0.5, 0.6) is 0 Å². The first-order valence-electron chi connectivity index (χ1n) is 28.7. The summed E-state index contributed by atoms with van der Waals surface area (Å²) >= 11 is 0. The summed E-state index contributed by atoms with van der Waals surface area (Å²) in [5, 5.41) is 0. The van der Waals surface area contributed by atoms with Gasteiger partial charge in [0.25, 0.3) is 0 Å². The van der Waals surface area contributed by atoms with Gasteiger partial charge in [0.05, 0.1) is 0 Å². The van der Waals surface area contributed by atoms with Gasteiger partial charge >= 0.3 is 17.9 Å². The van der Waals surface area contributed by atoms with Crippen molar-refractivity contribution in [1.29, 1.82) is 0 Å². The fraction of sp³-hybridized carbons (Fsp3) is 0.698. The van der Waals surface area contributed by atoms with Crippen LogP contribution in [0, 0.1) is 0 Å². The number of allylic oxidation sites excluding steroid dienone is 16. The van der Waals surface area contributed by atoms with Gasteiger partial charge in [0.1, 0.15) is 13.2 Å². The van der Waals surface area contributed by atoms with Crippen molar-refractivity contribution < 1.29 is 28.6 Å². The average molecular weight is 960 g/mol. The van der Waals surface area contributed by atoms with Crippen molar-refractivity contribution in [3.63, 3.8) is 0 Å². The fourth-order valence-electron chi connectivity index (χ4n) is 7.74. The van der Waals surface area contributed by atoms with Gasteiger partial charge < -0.3 is 14.2 Å². The molecular weight excluding hydrogens is 853 g/mol. The number of hydrogen-bond donors (Lipinski definition) is 0. The third kappa shape index (κ3) is 55.1. The molecule has 6 nitrogen and oxygen atoms in total. The Hall–Kier alpha value is -3.67. The monoisotopic (exact) mass is 959 g/mol. The van der Waals surface area contributed by atoms with Crippen LogP contribution in [0.15, 0.2) is 97.2 Å². The second-order valence-electron chi connectivity index (χ2n) is 18.8. The quantitative estimate of drug-likeness (QED) is 0.0262. The second kappa shape index (κ2) is 56.9. The van der Waals surface area contributed by atoms with Crippen molar-refractivity contribution >= 4 is 17.9 Å². The molecule has 0 radical (unpaired) electrons. The normalized spacial score (nSPS) is 12.8. The molecule has 0 aliphatic rings. The van der Waals surface area contributed by atoms with Gasteiger partial charge in [-0.2, -0.15) is 0 Å². The highest BCUT2D eigenvalue weighted by Gasteiger charge is 2.19. The van der Waals surface area contributed by atoms with Crippen LogP contribution in [0.4, 0.5) is 0 Å². The third-order valence-corrected chi connectivity index (χ3v) is 12.0. The zero-order valence-electron chi connectivity index (χ0n) is 45.0. The van der Waals surface area contributed by atoms with E-state index in [1.54, 1.807) is 0 Å². The van der Waals surface area contributed by atoms with Crippen molar-refractivity contribution in [2.45, 2.75) is 271 Å². The van der Waals surface area contributed by atoms with E-state index in [2.05, 4.69) is 118 Å². The molecule has 0 bridgehead atoms. The largest absolute Gasteiger partial charge is 0.462 e. The summed E-state index contributed by atoms with van der Waals surface area (Å²) in [7, 11) is 0. The van der Waals surface area contributed by atoms with E-state index < -0.39 is 6.10 Å². The first-order chi connectivity index (χ1) is 34.0. The number of hydrogen-bond acceptors (Lipinski definition) is 6. The van der Waals surface area contributed by atoms with Crippen molar-refractivity contribution in [2.75, 3.05) is 13.2 Å². The van der Waals surface area contributed by atoms with Crippen molar-refractivity contribution in [3.8, 4) is 0 Å². The second-order valence-corrected chi connectivity index (χ2v) is 18.8. The van der Waals surface area contributed by atoms with Gasteiger partial charge in [0.15, 0.2) is 6.10 Å². The van der Waals surface area contributed by atoms with Crippen molar-refractivity contribution in [3.05, 3.63) is 97.2 Å². The Balaban J connectivity index is 4.43. The highest BCUT2D eigenvalue weighted by Crippen LogP contribution is 2.14. The lowest BCUT2D eigenvalue weighted by atomic mass is 10.1. The molecule has 0 heterocycles. The Labute approximate surface area is 426 Å². The molecule has 394 valence electrons. The molecule has 0 aromatic carbocycles. The zero-order chi connectivity index (χ0) is 50.0. The lowest BCUT2D eigenvalue weighted by Gasteiger charge is -2.18. The van der Waals surface area contributed by atoms with E-state index in [1.807, 2.05) is 0 Å². The topological polar surface area (TPSA) is 78.9 Å². The maximum atomic E-state index is 12.9. The van der Waals surface area contributed by atoms with Gasteiger partial charge in [-0.1, -0.05) is 227 Å². The molecule has 0 fully saturated rings. The van der Waals surface area contributed by atoms with Gasteiger partial charge in [0.2, 0.25) is 0 Å². The Morgan fingerprint density at radius 3 is 0.957 bits per heavy atom. The standard InChI is InChI=1S/C63H106O6/c1-4-7-10-13-16-19-22-25-27-29-30-31-32-34-35-38-41-44-47-50-53-56-62(65)68-59-60(58-67-61(64)55-52-49-46-43-40-37-24-21-18-15-12-9-6-3)69-63(66)57-54-51-48-45-42-39-36-33-28-26-23-20-17-14-11-8-5-2/h7,10,12,15-16,19,21,24-28,30-31,34-35,60H,4-6,8-9,11,13-14,17-18,20,22-23,29,32-33,36-59H2,1-3H3/b10-7-,15-12-,19-16-,24-21-,27-25-,28-26-,31-30-,35-34-. The lowest BCUT2D eigenvalue weighted by molar-refractivity contribution is -0.167. The van der Waals surface area contributed by atoms with Crippen LogP contribution in [0.2, 0.25) is 0 Å². The molecule has 69 heavy (non-hydrogen) atoms. The zero-order valence-corrected chi connectivity index (χ0v) is 45.0. The third-order valence-electron chi connectivity index (χ3n) is 12.0. The van der Waals surface area contributed by atoms with E-state index in [0.29, 0.717) is 19.3 Å². The Bertz CT molecular complexity index is 1380. The van der Waals surface area contributed by atoms with Crippen LogP contribution in [-0.4, -0.2) is 37.2 Å². The van der Waals surface area contributed by atoms with Crippen LogP contribution < -0.4 is 0 Å². The lowest BCUT2D eigenvalue weighted by Crippen LogP contribution is -2.30. The summed E-state index contributed by atoms with van der Waals surface area (Å²) in [6.45, 7) is 6.43. The minimum absolute atomic E-state index is 0.0933. The van der Waals surface area contributed by atoms with Gasteiger partial charge in [-0.05, 0) is 116 Å². The highest BCUT2D eigenvalue weighted by atomic mass is 16.6. The minimum atomic E-state index is -0.795. The van der Waals surface area contributed by atoms with Crippen LogP contribution in [-0.2, 0) is 28.6 Å². The molecule has 0 aromatic heterocycles. The summed E-state index contributed by atoms with van der Waals surface area (Å²) in [4.78, 5) is 38.1. The van der Waals surface area contributed by atoms with Crippen LogP contribution in [0.3, 0.4) is 0 Å².